The number of nitrogens with zero attached hydrogens (tertiary/aromatic N) is 3. The molecular weight excluding hydrogens is 270 g/mol. The molecule has 0 bridgehead atoms. The number of hydrogen-bond acceptors (Lipinski definition) is 4. The van der Waals surface area contributed by atoms with Gasteiger partial charge in [-0.2, -0.15) is 0 Å². The fourth-order valence-corrected chi connectivity index (χ4v) is 2.47. The summed E-state index contributed by atoms with van der Waals surface area (Å²) >= 11 is 0. The van der Waals surface area contributed by atoms with Crippen molar-refractivity contribution in [2.24, 2.45) is 0 Å². The van der Waals surface area contributed by atoms with Crippen LogP contribution in [-0.4, -0.2) is 45.9 Å². The van der Waals surface area contributed by atoms with Crippen molar-refractivity contribution >= 4 is 11.8 Å². The van der Waals surface area contributed by atoms with Crippen molar-refractivity contribution in [1.82, 2.24) is 15.0 Å². The summed E-state index contributed by atoms with van der Waals surface area (Å²) in [7, 11) is 0. The van der Waals surface area contributed by atoms with Crippen molar-refractivity contribution in [2.75, 3.05) is 13.1 Å². The smallest absolute Gasteiger partial charge is 0.245 e. The van der Waals surface area contributed by atoms with Gasteiger partial charge in [-0.15, -0.1) is 0 Å². The van der Waals surface area contributed by atoms with E-state index in [0.717, 1.165) is 12.1 Å². The summed E-state index contributed by atoms with van der Waals surface area (Å²) in [4.78, 5) is 27.7. The normalized spacial score (nSPS) is 19.8. The minimum Gasteiger partial charge on any atom is -0.359 e. The van der Waals surface area contributed by atoms with Gasteiger partial charge in [0.25, 0.3) is 0 Å². The summed E-state index contributed by atoms with van der Waals surface area (Å²) in [5, 5.41) is 3.99. The Hall–Kier alpha value is -1.85. The third-order valence-electron chi connectivity index (χ3n) is 3.77. The van der Waals surface area contributed by atoms with E-state index in [4.69, 9.17) is 4.52 Å². The van der Waals surface area contributed by atoms with E-state index >= 15 is 0 Å². The van der Waals surface area contributed by atoms with Crippen LogP contribution in [0.25, 0.3) is 0 Å². The van der Waals surface area contributed by atoms with Gasteiger partial charge in [0.1, 0.15) is 6.04 Å². The molecule has 1 aliphatic rings. The Kier molecular flexibility index (Phi) is 4.65. The number of hydrogen-bond donors (Lipinski definition) is 0. The van der Waals surface area contributed by atoms with Gasteiger partial charge in [-0.25, -0.2) is 0 Å². The maximum Gasteiger partial charge on any atom is 0.245 e. The van der Waals surface area contributed by atoms with Gasteiger partial charge in [0.15, 0.2) is 5.76 Å². The molecule has 1 atom stereocenters. The van der Waals surface area contributed by atoms with Gasteiger partial charge < -0.3 is 14.3 Å². The Labute approximate surface area is 125 Å². The van der Waals surface area contributed by atoms with Crippen molar-refractivity contribution in [2.45, 2.75) is 52.6 Å². The largest absolute Gasteiger partial charge is 0.359 e. The molecule has 1 fully saturated rings. The molecule has 0 spiro atoms. The molecule has 116 valence electrons. The molecule has 1 saturated heterocycles. The lowest BCUT2D eigenvalue weighted by atomic mass is 10.1. The predicted octanol–water partition coefficient (Wildman–Crippen LogP) is 1.77. The van der Waals surface area contributed by atoms with Crippen LogP contribution in [0.4, 0.5) is 0 Å². The lowest BCUT2D eigenvalue weighted by Crippen LogP contribution is -2.58. The molecule has 0 N–H and O–H groups in total. The highest BCUT2D eigenvalue weighted by Gasteiger charge is 2.36. The molecule has 0 aromatic carbocycles. The molecule has 2 rings (SSSR count). The molecule has 0 aliphatic carbocycles. The van der Waals surface area contributed by atoms with Crippen LogP contribution in [0.5, 0.6) is 0 Å². The van der Waals surface area contributed by atoms with E-state index in [0.29, 0.717) is 18.8 Å². The van der Waals surface area contributed by atoms with Gasteiger partial charge in [-0.3, -0.25) is 9.59 Å². The quantitative estimate of drug-likeness (QED) is 0.830. The van der Waals surface area contributed by atoms with E-state index in [9.17, 15) is 9.59 Å². The maximum atomic E-state index is 12.3. The minimum atomic E-state index is -0.453. The predicted molar refractivity (Wildman–Crippen MR) is 77.5 cm³/mol. The lowest BCUT2D eigenvalue weighted by Gasteiger charge is -2.38. The number of amides is 2. The van der Waals surface area contributed by atoms with Crippen LogP contribution >= 0.6 is 0 Å². The number of piperazine rings is 1. The molecule has 2 amide bonds. The van der Waals surface area contributed by atoms with E-state index < -0.39 is 6.04 Å². The van der Waals surface area contributed by atoms with Crippen LogP contribution in [0, 0.1) is 0 Å². The van der Waals surface area contributed by atoms with Crippen LogP contribution in [0.15, 0.2) is 10.6 Å². The second kappa shape index (κ2) is 6.28. The highest BCUT2D eigenvalue weighted by Crippen LogP contribution is 2.19. The SMILES string of the molecule is CCCN1CC(=O)N(Cc2cc(C(C)C)no2)[C@H](C)C1=O. The average molecular weight is 293 g/mol. The summed E-state index contributed by atoms with van der Waals surface area (Å²) in [6.45, 7) is 8.90. The van der Waals surface area contributed by atoms with Crippen molar-refractivity contribution in [3.8, 4) is 0 Å². The van der Waals surface area contributed by atoms with Gasteiger partial charge in [0.2, 0.25) is 11.8 Å². The molecule has 2 heterocycles. The van der Waals surface area contributed by atoms with E-state index in [1.807, 2.05) is 26.8 Å². The summed E-state index contributed by atoms with van der Waals surface area (Å²) in [5.74, 6) is 0.854. The topological polar surface area (TPSA) is 66.7 Å². The van der Waals surface area contributed by atoms with Crippen molar-refractivity contribution in [3.05, 3.63) is 17.5 Å². The molecule has 1 aromatic heterocycles. The second-order valence-electron chi connectivity index (χ2n) is 5.83. The number of aromatic nitrogens is 1. The van der Waals surface area contributed by atoms with E-state index in [1.165, 1.54) is 0 Å². The highest BCUT2D eigenvalue weighted by molar-refractivity contribution is 5.94. The third kappa shape index (κ3) is 3.25. The molecule has 0 unspecified atom stereocenters. The second-order valence-corrected chi connectivity index (χ2v) is 5.83. The van der Waals surface area contributed by atoms with Crippen molar-refractivity contribution in [1.29, 1.82) is 0 Å². The molecule has 0 saturated carbocycles. The van der Waals surface area contributed by atoms with E-state index in [1.54, 1.807) is 16.7 Å². The first-order chi connectivity index (χ1) is 9.93. The minimum absolute atomic E-state index is 0.0000448. The fourth-order valence-electron chi connectivity index (χ4n) is 2.47. The van der Waals surface area contributed by atoms with Gasteiger partial charge in [0, 0.05) is 12.6 Å². The zero-order chi connectivity index (χ0) is 15.6. The molecule has 1 aromatic rings. The zero-order valence-electron chi connectivity index (χ0n) is 13.1. The molecule has 0 radical (unpaired) electrons. The summed E-state index contributed by atoms with van der Waals surface area (Å²) < 4.78 is 5.27. The maximum absolute atomic E-state index is 12.3. The fraction of sp³-hybridized carbons (Fsp3) is 0.667. The van der Waals surface area contributed by atoms with Crippen molar-refractivity contribution < 1.29 is 14.1 Å². The summed E-state index contributed by atoms with van der Waals surface area (Å²) in [5.41, 5.74) is 0.862. The molecular formula is C15H23N3O3. The van der Waals surface area contributed by atoms with Gasteiger partial charge in [0.05, 0.1) is 18.8 Å². The summed E-state index contributed by atoms with van der Waals surface area (Å²) in [6.07, 6.45) is 0.853. The molecule has 21 heavy (non-hydrogen) atoms. The summed E-state index contributed by atoms with van der Waals surface area (Å²) in [6, 6.07) is 1.40. The van der Waals surface area contributed by atoms with Crippen LogP contribution in [0.3, 0.4) is 0 Å². The Balaban J connectivity index is 2.09. The zero-order valence-corrected chi connectivity index (χ0v) is 13.1. The monoisotopic (exact) mass is 293 g/mol. The van der Waals surface area contributed by atoms with Crippen LogP contribution in [0.1, 0.15) is 51.5 Å². The first kappa shape index (κ1) is 15.5. The Bertz CT molecular complexity index is 524. The van der Waals surface area contributed by atoms with E-state index in [-0.39, 0.29) is 24.3 Å². The van der Waals surface area contributed by atoms with Gasteiger partial charge >= 0.3 is 0 Å². The first-order valence-corrected chi connectivity index (χ1v) is 7.47. The Morgan fingerprint density at radius 3 is 2.71 bits per heavy atom. The molecule has 1 aliphatic heterocycles. The lowest BCUT2D eigenvalue weighted by molar-refractivity contribution is -0.156. The highest BCUT2D eigenvalue weighted by atomic mass is 16.5. The van der Waals surface area contributed by atoms with Crippen molar-refractivity contribution in [3.63, 3.8) is 0 Å². The third-order valence-corrected chi connectivity index (χ3v) is 3.77. The standard InChI is InChI=1S/C15H23N3O3/c1-5-6-17-9-14(19)18(11(4)15(17)20)8-12-7-13(10(2)3)16-21-12/h7,10-11H,5-6,8-9H2,1-4H3/t11-/m1/s1. The van der Waals surface area contributed by atoms with Crippen LogP contribution < -0.4 is 0 Å². The van der Waals surface area contributed by atoms with Gasteiger partial charge in [-0.1, -0.05) is 25.9 Å². The van der Waals surface area contributed by atoms with Gasteiger partial charge in [-0.05, 0) is 19.3 Å². The number of carbonyl (C=O) groups excluding carboxylic acids is 2. The first-order valence-electron chi connectivity index (χ1n) is 7.47. The van der Waals surface area contributed by atoms with Crippen LogP contribution in [-0.2, 0) is 16.1 Å². The number of carbonyl (C=O) groups is 2. The number of rotatable bonds is 5. The molecule has 6 heteroatoms. The molecule has 6 nitrogen and oxygen atoms in total. The van der Waals surface area contributed by atoms with E-state index in [2.05, 4.69) is 5.16 Å². The Morgan fingerprint density at radius 2 is 2.14 bits per heavy atom. The van der Waals surface area contributed by atoms with Crippen LogP contribution in [0.2, 0.25) is 0 Å². The average Bonchev–Trinajstić information content (AvgIpc) is 2.90. The Morgan fingerprint density at radius 1 is 1.43 bits per heavy atom.